The van der Waals surface area contributed by atoms with Gasteiger partial charge in [-0.2, -0.15) is 26.3 Å². The molecule has 1 amide bonds. The molecular weight excluding hydrogens is 449 g/mol. The van der Waals surface area contributed by atoms with Crippen molar-refractivity contribution in [1.82, 2.24) is 20.3 Å². The molecule has 0 unspecified atom stereocenters. The number of benzene rings is 2. The maximum atomic E-state index is 13.6. The lowest BCUT2D eigenvalue weighted by atomic mass is 10.2. The first-order valence-electron chi connectivity index (χ1n) is 8.79. The monoisotopic (exact) mass is 462 g/mol. The second kappa shape index (κ2) is 8.85. The van der Waals surface area contributed by atoms with E-state index in [-0.39, 0.29) is 23.5 Å². The molecule has 0 aliphatic carbocycles. The summed E-state index contributed by atoms with van der Waals surface area (Å²) in [4.78, 5) is 12.4. The summed E-state index contributed by atoms with van der Waals surface area (Å²) < 4.78 is 95.6. The summed E-state index contributed by atoms with van der Waals surface area (Å²) in [6.45, 7) is -1.84. The smallest absolute Gasteiger partial charge is 0.435 e. The van der Waals surface area contributed by atoms with Crippen molar-refractivity contribution < 1.29 is 40.3 Å². The fraction of sp³-hybridized carbons (Fsp3) is 0.211. The molecule has 13 heteroatoms. The number of nitrogens with one attached hydrogen (secondary N) is 1. The predicted molar refractivity (Wildman–Crippen MR) is 95.5 cm³/mol. The van der Waals surface area contributed by atoms with Gasteiger partial charge in [0, 0.05) is 6.54 Å². The molecule has 0 aliphatic rings. The molecule has 0 aliphatic heterocycles. The average Bonchev–Trinajstić information content (AvgIpc) is 3.17. The third-order valence-corrected chi connectivity index (χ3v) is 3.98. The van der Waals surface area contributed by atoms with E-state index in [1.54, 1.807) is 0 Å². The maximum absolute atomic E-state index is 13.6. The highest BCUT2D eigenvalue weighted by Crippen LogP contribution is 2.32. The van der Waals surface area contributed by atoms with Crippen LogP contribution in [0.5, 0.6) is 5.75 Å². The molecule has 3 rings (SSSR count). The molecule has 1 heterocycles. The second-order valence-electron chi connectivity index (χ2n) is 6.41. The standard InChI is InChI=1S/C19H13F7N4O2/c20-12-4-6-13(7-5-12)30-16(19(24,25)26)15(28-29-30)17(31)27-9-11-2-1-3-14(8-11)32-10-18(21,22)23/h1-8H,9-10H2,(H,27,31). The van der Waals surface area contributed by atoms with Gasteiger partial charge >= 0.3 is 12.4 Å². The van der Waals surface area contributed by atoms with Gasteiger partial charge in [-0.1, -0.05) is 17.3 Å². The Hall–Kier alpha value is -3.64. The second-order valence-corrected chi connectivity index (χ2v) is 6.41. The molecule has 0 spiro atoms. The topological polar surface area (TPSA) is 69.0 Å². The van der Waals surface area contributed by atoms with Crippen LogP contribution in [-0.4, -0.2) is 33.7 Å². The van der Waals surface area contributed by atoms with Gasteiger partial charge in [-0.15, -0.1) is 5.10 Å². The molecule has 0 saturated carbocycles. The number of carbonyl (C=O) groups excluding carboxylic acids is 1. The molecule has 1 N–H and O–H groups in total. The van der Waals surface area contributed by atoms with E-state index in [1.807, 2.05) is 0 Å². The minimum Gasteiger partial charge on any atom is -0.484 e. The zero-order chi connectivity index (χ0) is 23.5. The Morgan fingerprint density at radius 2 is 1.72 bits per heavy atom. The van der Waals surface area contributed by atoms with Crippen molar-refractivity contribution in [1.29, 1.82) is 0 Å². The summed E-state index contributed by atoms with van der Waals surface area (Å²) in [5, 5.41) is 8.87. The molecule has 3 aromatic rings. The number of carbonyl (C=O) groups is 1. The van der Waals surface area contributed by atoms with Gasteiger partial charge in [-0.25, -0.2) is 9.07 Å². The Balaban J connectivity index is 1.78. The van der Waals surface area contributed by atoms with Gasteiger partial charge in [-0.3, -0.25) is 4.79 Å². The number of amides is 1. The molecule has 0 fully saturated rings. The van der Waals surface area contributed by atoms with Crippen LogP contribution >= 0.6 is 0 Å². The lowest BCUT2D eigenvalue weighted by molar-refractivity contribution is -0.153. The van der Waals surface area contributed by atoms with E-state index in [9.17, 15) is 35.5 Å². The predicted octanol–water partition coefficient (Wildman–Crippen LogP) is 4.30. The van der Waals surface area contributed by atoms with Crippen molar-refractivity contribution in [2.75, 3.05) is 6.61 Å². The number of halogens is 7. The van der Waals surface area contributed by atoms with Crippen molar-refractivity contribution in [3.8, 4) is 11.4 Å². The van der Waals surface area contributed by atoms with E-state index in [2.05, 4.69) is 20.4 Å². The third kappa shape index (κ3) is 5.74. The molecule has 1 aromatic heterocycles. The molecule has 0 atom stereocenters. The van der Waals surface area contributed by atoms with Crippen LogP contribution in [-0.2, 0) is 12.7 Å². The van der Waals surface area contributed by atoms with Crippen LogP contribution in [0.3, 0.4) is 0 Å². The first-order chi connectivity index (χ1) is 14.9. The summed E-state index contributed by atoms with van der Waals surface area (Å²) in [5.41, 5.74) is -2.38. The third-order valence-electron chi connectivity index (χ3n) is 3.98. The summed E-state index contributed by atoms with van der Waals surface area (Å²) >= 11 is 0. The Kier molecular flexibility index (Phi) is 6.37. The van der Waals surface area contributed by atoms with Gasteiger partial charge in [0.2, 0.25) is 0 Å². The average molecular weight is 462 g/mol. The van der Waals surface area contributed by atoms with Crippen molar-refractivity contribution in [2.24, 2.45) is 0 Å². The van der Waals surface area contributed by atoms with Gasteiger partial charge in [0.15, 0.2) is 18.0 Å². The lowest BCUT2D eigenvalue weighted by Crippen LogP contribution is -2.27. The van der Waals surface area contributed by atoms with E-state index < -0.39 is 42.1 Å². The van der Waals surface area contributed by atoms with Crippen molar-refractivity contribution in [3.05, 3.63) is 71.3 Å². The van der Waals surface area contributed by atoms with E-state index in [4.69, 9.17) is 0 Å². The van der Waals surface area contributed by atoms with Gasteiger partial charge in [0.25, 0.3) is 5.91 Å². The summed E-state index contributed by atoms with van der Waals surface area (Å²) in [6, 6.07) is 9.16. The van der Waals surface area contributed by atoms with Crippen LogP contribution in [0, 0.1) is 5.82 Å². The van der Waals surface area contributed by atoms with Crippen molar-refractivity contribution in [2.45, 2.75) is 18.9 Å². The molecule has 0 bridgehead atoms. The number of alkyl halides is 6. The Bertz CT molecular complexity index is 1090. The van der Waals surface area contributed by atoms with E-state index in [0.29, 0.717) is 4.68 Å². The van der Waals surface area contributed by atoms with Crippen LogP contribution in [0.4, 0.5) is 30.7 Å². The van der Waals surface area contributed by atoms with E-state index in [1.165, 1.54) is 24.3 Å². The SMILES string of the molecule is O=C(NCc1cccc(OCC(F)(F)F)c1)c1nnn(-c2ccc(F)cc2)c1C(F)(F)F. The Morgan fingerprint density at radius 3 is 2.34 bits per heavy atom. The van der Waals surface area contributed by atoms with Gasteiger partial charge < -0.3 is 10.1 Å². The molecule has 6 nitrogen and oxygen atoms in total. The number of rotatable bonds is 6. The van der Waals surface area contributed by atoms with Gasteiger partial charge in [0.05, 0.1) is 5.69 Å². The zero-order valence-corrected chi connectivity index (χ0v) is 15.8. The van der Waals surface area contributed by atoms with Gasteiger partial charge in [-0.05, 0) is 42.0 Å². The Morgan fingerprint density at radius 1 is 1.03 bits per heavy atom. The van der Waals surface area contributed by atoms with Crippen LogP contribution in [0.25, 0.3) is 5.69 Å². The maximum Gasteiger partial charge on any atom is 0.435 e. The number of hydrogen-bond donors (Lipinski definition) is 1. The van der Waals surface area contributed by atoms with Gasteiger partial charge in [0.1, 0.15) is 11.6 Å². The zero-order valence-electron chi connectivity index (χ0n) is 15.8. The van der Waals surface area contributed by atoms with Crippen LogP contribution in [0.2, 0.25) is 0 Å². The molecule has 0 saturated heterocycles. The number of aromatic nitrogens is 3. The number of nitrogens with zero attached hydrogens (tertiary/aromatic N) is 3. The highest BCUT2D eigenvalue weighted by molar-refractivity contribution is 5.93. The fourth-order valence-electron chi connectivity index (χ4n) is 2.63. The van der Waals surface area contributed by atoms with E-state index in [0.717, 1.165) is 24.3 Å². The Labute approximate surface area is 175 Å². The normalized spacial score (nSPS) is 12.0. The first kappa shape index (κ1) is 23.0. The quantitative estimate of drug-likeness (QED) is 0.555. The highest BCUT2D eigenvalue weighted by atomic mass is 19.4. The molecule has 32 heavy (non-hydrogen) atoms. The largest absolute Gasteiger partial charge is 0.484 e. The molecular formula is C19H13F7N4O2. The van der Waals surface area contributed by atoms with Crippen molar-refractivity contribution >= 4 is 5.91 Å². The summed E-state index contributed by atoms with van der Waals surface area (Å²) in [5.74, 6) is -2.03. The minimum absolute atomic E-state index is 0.132. The molecule has 170 valence electrons. The van der Waals surface area contributed by atoms with E-state index >= 15 is 0 Å². The summed E-state index contributed by atoms with van der Waals surface area (Å²) in [6.07, 6.45) is -9.57. The van der Waals surface area contributed by atoms with Crippen LogP contribution in [0.1, 0.15) is 21.7 Å². The van der Waals surface area contributed by atoms with Crippen LogP contribution in [0.15, 0.2) is 48.5 Å². The highest BCUT2D eigenvalue weighted by Gasteiger charge is 2.42. The fourth-order valence-corrected chi connectivity index (χ4v) is 2.63. The van der Waals surface area contributed by atoms with Crippen molar-refractivity contribution in [3.63, 3.8) is 0 Å². The van der Waals surface area contributed by atoms with Crippen LogP contribution < -0.4 is 10.1 Å². The lowest BCUT2D eigenvalue weighted by Gasteiger charge is -2.12. The number of ether oxygens (including phenoxy) is 1. The first-order valence-corrected chi connectivity index (χ1v) is 8.79. The molecule has 0 radical (unpaired) electrons. The summed E-state index contributed by atoms with van der Waals surface area (Å²) in [7, 11) is 0. The minimum atomic E-state index is -5.02. The number of hydrogen-bond acceptors (Lipinski definition) is 4. The molecule has 2 aromatic carbocycles.